The lowest BCUT2D eigenvalue weighted by atomic mass is 9.86. The van der Waals surface area contributed by atoms with Crippen LogP contribution in [-0.2, 0) is 11.8 Å². The fraction of sp³-hybridized carbons (Fsp3) is 0.600. The van der Waals surface area contributed by atoms with Crippen LogP contribution < -0.4 is 0 Å². The van der Waals surface area contributed by atoms with Gasteiger partial charge in [-0.1, -0.05) is 64.8 Å². The molecule has 0 aliphatic carbocycles. The van der Waals surface area contributed by atoms with Crippen molar-refractivity contribution >= 4 is 0 Å². The third kappa shape index (κ3) is 4.07. The summed E-state index contributed by atoms with van der Waals surface area (Å²) in [6.07, 6.45) is 5.21. The third-order valence-corrected chi connectivity index (χ3v) is 2.86. The maximum atomic E-state index is 2.37. The summed E-state index contributed by atoms with van der Waals surface area (Å²) in [4.78, 5) is 0. The number of unbranched alkanes of at least 4 members (excludes halogenated alkanes) is 2. The topological polar surface area (TPSA) is 0 Å². The highest BCUT2D eigenvalue weighted by atomic mass is 14.2. The van der Waals surface area contributed by atoms with E-state index in [2.05, 4.69) is 52.0 Å². The zero-order chi connectivity index (χ0) is 11.3. The van der Waals surface area contributed by atoms with Gasteiger partial charge in [-0.25, -0.2) is 0 Å². The molecular weight excluding hydrogens is 180 g/mol. The lowest BCUT2D eigenvalue weighted by Gasteiger charge is -2.19. The molecule has 0 N–H and O–H groups in total. The van der Waals surface area contributed by atoms with Gasteiger partial charge in [0.15, 0.2) is 0 Å². The van der Waals surface area contributed by atoms with E-state index in [4.69, 9.17) is 0 Å². The van der Waals surface area contributed by atoms with Gasteiger partial charge in [0.25, 0.3) is 0 Å². The molecule has 0 heterocycles. The van der Waals surface area contributed by atoms with Gasteiger partial charge in [-0.2, -0.15) is 0 Å². The highest BCUT2D eigenvalue weighted by molar-refractivity contribution is 5.28. The Morgan fingerprint density at radius 3 is 2.40 bits per heavy atom. The quantitative estimate of drug-likeness (QED) is 0.623. The molecule has 0 aliphatic heterocycles. The Morgan fingerprint density at radius 2 is 1.80 bits per heavy atom. The van der Waals surface area contributed by atoms with Crippen molar-refractivity contribution in [3.05, 3.63) is 35.4 Å². The molecule has 0 amide bonds. The van der Waals surface area contributed by atoms with Gasteiger partial charge in [0.2, 0.25) is 0 Å². The molecule has 0 saturated heterocycles. The lowest BCUT2D eigenvalue weighted by Crippen LogP contribution is -2.11. The zero-order valence-corrected chi connectivity index (χ0v) is 10.6. The summed E-state index contributed by atoms with van der Waals surface area (Å²) in [5.74, 6) is 0. The van der Waals surface area contributed by atoms with E-state index >= 15 is 0 Å². The van der Waals surface area contributed by atoms with Crippen molar-refractivity contribution in [3.8, 4) is 0 Å². The average Bonchev–Trinajstić information content (AvgIpc) is 2.17. The van der Waals surface area contributed by atoms with Crippen LogP contribution in [0.4, 0.5) is 0 Å². The molecule has 0 unspecified atom stereocenters. The molecule has 0 nitrogen and oxygen atoms in total. The van der Waals surface area contributed by atoms with Crippen LogP contribution in [0.3, 0.4) is 0 Å². The lowest BCUT2D eigenvalue weighted by molar-refractivity contribution is 0.588. The first-order valence-electron chi connectivity index (χ1n) is 6.13. The summed E-state index contributed by atoms with van der Waals surface area (Å²) in [5, 5.41) is 0. The van der Waals surface area contributed by atoms with Crippen molar-refractivity contribution in [3.63, 3.8) is 0 Å². The van der Waals surface area contributed by atoms with Gasteiger partial charge in [0.05, 0.1) is 0 Å². The molecule has 0 fully saturated rings. The Balaban J connectivity index is 2.66. The second-order valence-corrected chi connectivity index (χ2v) is 5.41. The van der Waals surface area contributed by atoms with Crippen LogP contribution in [0.15, 0.2) is 24.3 Å². The van der Waals surface area contributed by atoms with Gasteiger partial charge in [-0.05, 0) is 29.4 Å². The van der Waals surface area contributed by atoms with E-state index in [1.807, 2.05) is 0 Å². The number of rotatable bonds is 4. The molecule has 0 saturated carbocycles. The van der Waals surface area contributed by atoms with E-state index < -0.39 is 0 Å². The van der Waals surface area contributed by atoms with E-state index in [0.29, 0.717) is 0 Å². The zero-order valence-electron chi connectivity index (χ0n) is 10.6. The van der Waals surface area contributed by atoms with Crippen LogP contribution in [0.1, 0.15) is 58.1 Å². The molecule has 0 heteroatoms. The summed E-state index contributed by atoms with van der Waals surface area (Å²) < 4.78 is 0. The second kappa shape index (κ2) is 5.34. The van der Waals surface area contributed by atoms with Crippen molar-refractivity contribution in [1.29, 1.82) is 0 Å². The highest BCUT2D eigenvalue weighted by Crippen LogP contribution is 2.23. The SMILES string of the molecule is CCCCCc1cccc(C(C)(C)C)c1. The van der Waals surface area contributed by atoms with Crippen molar-refractivity contribution in [1.82, 2.24) is 0 Å². The predicted octanol–water partition coefficient (Wildman–Crippen LogP) is 4.72. The normalized spacial score (nSPS) is 11.7. The molecule has 0 bridgehead atoms. The van der Waals surface area contributed by atoms with Crippen LogP contribution >= 0.6 is 0 Å². The molecule has 15 heavy (non-hydrogen) atoms. The molecule has 0 aliphatic rings. The Morgan fingerprint density at radius 1 is 1.07 bits per heavy atom. The van der Waals surface area contributed by atoms with Gasteiger partial charge >= 0.3 is 0 Å². The van der Waals surface area contributed by atoms with E-state index in [9.17, 15) is 0 Å². The monoisotopic (exact) mass is 204 g/mol. The van der Waals surface area contributed by atoms with Crippen molar-refractivity contribution in [2.75, 3.05) is 0 Å². The van der Waals surface area contributed by atoms with Crippen LogP contribution in [0.5, 0.6) is 0 Å². The van der Waals surface area contributed by atoms with Crippen molar-refractivity contribution in [2.45, 2.75) is 58.8 Å². The number of benzene rings is 1. The Hall–Kier alpha value is -0.780. The number of hydrogen-bond donors (Lipinski definition) is 0. The standard InChI is InChI=1S/C15H24/c1-5-6-7-9-13-10-8-11-14(12-13)15(2,3)4/h8,10-12H,5-7,9H2,1-4H3. The Bertz CT molecular complexity index is 291. The molecule has 0 aromatic heterocycles. The van der Waals surface area contributed by atoms with Gasteiger partial charge in [0, 0.05) is 0 Å². The minimum Gasteiger partial charge on any atom is -0.0654 e. The summed E-state index contributed by atoms with van der Waals surface area (Å²) in [6.45, 7) is 9.08. The first kappa shape index (κ1) is 12.3. The van der Waals surface area contributed by atoms with Crippen LogP contribution in [0.2, 0.25) is 0 Å². The predicted molar refractivity (Wildman–Crippen MR) is 68.4 cm³/mol. The van der Waals surface area contributed by atoms with Crippen LogP contribution in [0, 0.1) is 0 Å². The number of aryl methyl sites for hydroxylation is 1. The summed E-state index contributed by atoms with van der Waals surface area (Å²) >= 11 is 0. The van der Waals surface area contributed by atoms with Crippen molar-refractivity contribution in [2.24, 2.45) is 0 Å². The fourth-order valence-electron chi connectivity index (χ4n) is 1.77. The first-order chi connectivity index (χ1) is 7.04. The molecule has 1 aromatic carbocycles. The Kier molecular flexibility index (Phi) is 4.38. The molecule has 1 rings (SSSR count). The largest absolute Gasteiger partial charge is 0.0654 e. The number of hydrogen-bond acceptors (Lipinski definition) is 0. The maximum absolute atomic E-state index is 2.37. The van der Waals surface area contributed by atoms with Gasteiger partial charge in [-0.3, -0.25) is 0 Å². The van der Waals surface area contributed by atoms with E-state index in [-0.39, 0.29) is 5.41 Å². The van der Waals surface area contributed by atoms with E-state index in [1.165, 1.54) is 36.8 Å². The third-order valence-electron chi connectivity index (χ3n) is 2.86. The highest BCUT2D eigenvalue weighted by Gasteiger charge is 2.13. The molecule has 1 aromatic rings. The van der Waals surface area contributed by atoms with Gasteiger partial charge in [0.1, 0.15) is 0 Å². The molecular formula is C15H24. The van der Waals surface area contributed by atoms with Gasteiger partial charge in [-0.15, -0.1) is 0 Å². The van der Waals surface area contributed by atoms with E-state index in [1.54, 1.807) is 0 Å². The average molecular weight is 204 g/mol. The first-order valence-corrected chi connectivity index (χ1v) is 6.13. The maximum Gasteiger partial charge on any atom is -0.0132 e. The van der Waals surface area contributed by atoms with Gasteiger partial charge < -0.3 is 0 Å². The van der Waals surface area contributed by atoms with E-state index in [0.717, 1.165) is 0 Å². The molecule has 84 valence electrons. The molecule has 0 atom stereocenters. The molecule has 0 radical (unpaired) electrons. The minimum atomic E-state index is 0.279. The van der Waals surface area contributed by atoms with Crippen molar-refractivity contribution < 1.29 is 0 Å². The summed E-state index contributed by atoms with van der Waals surface area (Å²) in [6, 6.07) is 9.06. The van der Waals surface area contributed by atoms with Crippen LogP contribution in [-0.4, -0.2) is 0 Å². The summed E-state index contributed by atoms with van der Waals surface area (Å²) in [5.41, 5.74) is 3.23. The fourth-order valence-corrected chi connectivity index (χ4v) is 1.77. The molecule has 0 spiro atoms. The van der Waals surface area contributed by atoms with Crippen LogP contribution in [0.25, 0.3) is 0 Å². The summed E-state index contributed by atoms with van der Waals surface area (Å²) in [7, 11) is 0. The Labute approximate surface area is 94.7 Å². The smallest absolute Gasteiger partial charge is 0.0132 e. The second-order valence-electron chi connectivity index (χ2n) is 5.41. The minimum absolute atomic E-state index is 0.279.